The molecule has 1 aromatic carbocycles. The van der Waals surface area contributed by atoms with Crippen LogP contribution in [0.4, 0.5) is 5.69 Å². The van der Waals surface area contributed by atoms with Crippen LogP contribution in [0, 0.1) is 10.1 Å². The fourth-order valence-electron chi connectivity index (χ4n) is 1.39. The molecule has 0 aliphatic heterocycles. The molecule has 0 atom stereocenters. The van der Waals surface area contributed by atoms with E-state index in [1.807, 2.05) is 0 Å². The van der Waals surface area contributed by atoms with Gasteiger partial charge in [-0.05, 0) is 6.07 Å². The zero-order chi connectivity index (χ0) is 10.8. The number of fused-ring (bicyclic) bond motifs is 1. The summed E-state index contributed by atoms with van der Waals surface area (Å²) in [5.41, 5.74) is 1.32. The summed E-state index contributed by atoms with van der Waals surface area (Å²) in [4.78, 5) is 17.1. The molecule has 6 nitrogen and oxygen atoms in total. The summed E-state index contributed by atoms with van der Waals surface area (Å²) in [7, 11) is 0. The van der Waals surface area contributed by atoms with Gasteiger partial charge in [-0.25, -0.2) is 4.98 Å². The molecule has 0 unspecified atom stereocenters. The van der Waals surface area contributed by atoms with Crippen molar-refractivity contribution in [1.82, 2.24) is 9.97 Å². The Labute approximate surface area is 84.7 Å². The normalized spacial score (nSPS) is 10.7. The van der Waals surface area contributed by atoms with Gasteiger partial charge in [-0.3, -0.25) is 10.1 Å². The molecule has 0 saturated heterocycles. The molecule has 1 heterocycles. The summed E-state index contributed by atoms with van der Waals surface area (Å²) in [6, 6.07) is 4.43. The number of nitrogens with one attached hydrogen (secondary N) is 1. The van der Waals surface area contributed by atoms with Gasteiger partial charge in [0, 0.05) is 18.6 Å². The van der Waals surface area contributed by atoms with Crippen molar-refractivity contribution in [2.75, 3.05) is 6.61 Å². The van der Waals surface area contributed by atoms with Crippen LogP contribution in [0.15, 0.2) is 18.2 Å². The van der Waals surface area contributed by atoms with Crippen LogP contribution in [0.3, 0.4) is 0 Å². The monoisotopic (exact) mass is 207 g/mol. The number of imidazole rings is 1. The molecule has 0 radical (unpaired) electrons. The lowest BCUT2D eigenvalue weighted by Crippen LogP contribution is -1.91. The van der Waals surface area contributed by atoms with Crippen molar-refractivity contribution < 1.29 is 10.0 Å². The third-order valence-corrected chi connectivity index (χ3v) is 2.07. The van der Waals surface area contributed by atoms with Crippen molar-refractivity contribution in [3.8, 4) is 0 Å². The Morgan fingerprint density at radius 3 is 3.00 bits per heavy atom. The Morgan fingerprint density at radius 1 is 1.53 bits per heavy atom. The van der Waals surface area contributed by atoms with Crippen molar-refractivity contribution in [3.63, 3.8) is 0 Å². The Hall–Kier alpha value is -1.95. The van der Waals surface area contributed by atoms with E-state index in [4.69, 9.17) is 5.11 Å². The lowest BCUT2D eigenvalue weighted by Gasteiger charge is -1.89. The number of aliphatic hydroxyl groups excluding tert-OH is 1. The maximum atomic E-state index is 10.5. The zero-order valence-electron chi connectivity index (χ0n) is 7.80. The van der Waals surface area contributed by atoms with Gasteiger partial charge in [-0.15, -0.1) is 0 Å². The van der Waals surface area contributed by atoms with E-state index >= 15 is 0 Å². The van der Waals surface area contributed by atoms with Gasteiger partial charge in [0.15, 0.2) is 0 Å². The quantitative estimate of drug-likeness (QED) is 0.580. The minimum absolute atomic E-state index is 0.00190. The molecule has 78 valence electrons. The molecule has 0 aliphatic rings. The molecule has 15 heavy (non-hydrogen) atoms. The number of nitro groups is 1. The average molecular weight is 207 g/mol. The van der Waals surface area contributed by atoms with Gasteiger partial charge in [0.25, 0.3) is 5.69 Å². The fourth-order valence-corrected chi connectivity index (χ4v) is 1.39. The van der Waals surface area contributed by atoms with Crippen LogP contribution in [0.2, 0.25) is 0 Å². The van der Waals surface area contributed by atoms with Crippen LogP contribution in [-0.4, -0.2) is 26.6 Å². The van der Waals surface area contributed by atoms with Crippen molar-refractivity contribution in [1.29, 1.82) is 0 Å². The summed E-state index contributed by atoms with van der Waals surface area (Å²) in [5.74, 6) is 0.632. The first-order valence-electron chi connectivity index (χ1n) is 4.44. The lowest BCUT2D eigenvalue weighted by atomic mass is 10.3. The molecule has 2 N–H and O–H groups in total. The van der Waals surface area contributed by atoms with E-state index in [2.05, 4.69) is 9.97 Å². The van der Waals surface area contributed by atoms with Gasteiger partial charge in [0.1, 0.15) is 5.82 Å². The molecular formula is C9H9N3O3. The van der Waals surface area contributed by atoms with E-state index in [-0.39, 0.29) is 12.3 Å². The molecule has 0 saturated carbocycles. The van der Waals surface area contributed by atoms with Gasteiger partial charge >= 0.3 is 0 Å². The summed E-state index contributed by atoms with van der Waals surface area (Å²) >= 11 is 0. The number of benzene rings is 1. The van der Waals surface area contributed by atoms with Crippen LogP contribution in [-0.2, 0) is 6.42 Å². The number of aromatic amines is 1. The highest BCUT2D eigenvalue weighted by Crippen LogP contribution is 2.18. The predicted octanol–water partition coefficient (Wildman–Crippen LogP) is 1.01. The van der Waals surface area contributed by atoms with Gasteiger partial charge < -0.3 is 10.1 Å². The molecular weight excluding hydrogens is 198 g/mol. The van der Waals surface area contributed by atoms with E-state index in [1.165, 1.54) is 12.1 Å². The maximum absolute atomic E-state index is 10.5. The predicted molar refractivity (Wildman–Crippen MR) is 53.5 cm³/mol. The van der Waals surface area contributed by atoms with E-state index in [1.54, 1.807) is 6.07 Å². The molecule has 6 heteroatoms. The summed E-state index contributed by atoms with van der Waals surface area (Å²) in [6.07, 6.45) is 0.419. The molecule has 1 aromatic heterocycles. The van der Waals surface area contributed by atoms with E-state index in [0.717, 1.165) is 0 Å². The van der Waals surface area contributed by atoms with Crippen LogP contribution in [0.25, 0.3) is 11.0 Å². The van der Waals surface area contributed by atoms with Crippen LogP contribution in [0.1, 0.15) is 5.82 Å². The Kier molecular flexibility index (Phi) is 2.34. The minimum atomic E-state index is -0.452. The molecule has 0 aliphatic carbocycles. The minimum Gasteiger partial charge on any atom is -0.396 e. The first kappa shape index (κ1) is 9.60. The smallest absolute Gasteiger partial charge is 0.271 e. The van der Waals surface area contributed by atoms with Crippen LogP contribution < -0.4 is 0 Å². The second-order valence-corrected chi connectivity index (χ2v) is 3.12. The largest absolute Gasteiger partial charge is 0.396 e. The van der Waals surface area contributed by atoms with Gasteiger partial charge in [-0.1, -0.05) is 0 Å². The molecule has 0 bridgehead atoms. The summed E-state index contributed by atoms with van der Waals surface area (Å²) in [5, 5.41) is 19.2. The zero-order valence-corrected chi connectivity index (χ0v) is 7.80. The van der Waals surface area contributed by atoms with Crippen molar-refractivity contribution in [2.24, 2.45) is 0 Å². The van der Waals surface area contributed by atoms with Gasteiger partial charge in [0.05, 0.1) is 22.6 Å². The Morgan fingerprint density at radius 2 is 2.33 bits per heavy atom. The van der Waals surface area contributed by atoms with Gasteiger partial charge in [0.2, 0.25) is 0 Å². The number of hydrogen-bond donors (Lipinski definition) is 2. The average Bonchev–Trinajstić information content (AvgIpc) is 2.59. The fraction of sp³-hybridized carbons (Fsp3) is 0.222. The van der Waals surface area contributed by atoms with Crippen molar-refractivity contribution in [3.05, 3.63) is 34.1 Å². The number of aliphatic hydroxyl groups is 1. The van der Waals surface area contributed by atoms with Crippen molar-refractivity contribution >= 4 is 16.7 Å². The van der Waals surface area contributed by atoms with E-state index in [9.17, 15) is 10.1 Å². The molecule has 0 spiro atoms. The highest BCUT2D eigenvalue weighted by atomic mass is 16.6. The summed E-state index contributed by atoms with van der Waals surface area (Å²) < 4.78 is 0. The first-order chi connectivity index (χ1) is 7.20. The molecule has 2 rings (SSSR count). The number of non-ortho nitro benzene ring substituents is 1. The van der Waals surface area contributed by atoms with E-state index < -0.39 is 4.92 Å². The highest BCUT2D eigenvalue weighted by molar-refractivity contribution is 5.77. The first-order valence-corrected chi connectivity index (χ1v) is 4.44. The van der Waals surface area contributed by atoms with Crippen molar-refractivity contribution in [2.45, 2.75) is 6.42 Å². The topological polar surface area (TPSA) is 92.1 Å². The standard InChI is InChI=1S/C9H9N3O3/c13-4-3-9-10-7-2-1-6(12(14)15)5-8(7)11-9/h1-2,5,13H,3-4H2,(H,10,11). The number of nitrogens with zero attached hydrogens (tertiary/aromatic N) is 2. The van der Waals surface area contributed by atoms with Crippen LogP contribution in [0.5, 0.6) is 0 Å². The Balaban J connectivity index is 2.47. The molecule has 2 aromatic rings. The maximum Gasteiger partial charge on any atom is 0.271 e. The highest BCUT2D eigenvalue weighted by Gasteiger charge is 2.08. The van der Waals surface area contributed by atoms with Gasteiger partial charge in [-0.2, -0.15) is 0 Å². The third-order valence-electron chi connectivity index (χ3n) is 2.07. The Bertz CT molecular complexity index is 506. The molecule has 0 fully saturated rings. The second-order valence-electron chi connectivity index (χ2n) is 3.12. The third kappa shape index (κ3) is 1.79. The summed E-state index contributed by atoms with van der Waals surface area (Å²) in [6.45, 7) is 0.00190. The number of nitro benzene ring substituents is 1. The van der Waals surface area contributed by atoms with E-state index in [0.29, 0.717) is 23.3 Å². The number of rotatable bonds is 3. The number of aromatic nitrogens is 2. The lowest BCUT2D eigenvalue weighted by molar-refractivity contribution is -0.384. The van der Waals surface area contributed by atoms with Crippen LogP contribution >= 0.6 is 0 Å². The SMILES string of the molecule is O=[N+]([O-])c1ccc2nc(CCO)[nH]c2c1. The molecule has 0 amide bonds. The second kappa shape index (κ2) is 3.66. The number of hydrogen-bond acceptors (Lipinski definition) is 4. The number of H-pyrrole nitrogens is 1.